The fourth-order valence-corrected chi connectivity index (χ4v) is 4.43. The molecular formula is C16H14N2O2S2. The lowest BCUT2D eigenvalue weighted by molar-refractivity contribution is 0.103. The molecule has 1 amide bonds. The minimum atomic E-state index is -0.103. The molecule has 0 fully saturated rings. The molecule has 3 heterocycles. The quantitative estimate of drug-likeness (QED) is 0.764. The molecule has 1 aliphatic rings. The van der Waals surface area contributed by atoms with Gasteiger partial charge in [-0.25, -0.2) is 4.98 Å². The SMILES string of the molecule is O=C(Nc1nc2c(s1)CCCC2)c1cc(-c2ccco2)cs1. The van der Waals surface area contributed by atoms with E-state index in [0.717, 1.165) is 29.9 Å². The predicted octanol–water partition coefficient (Wildman–Crippen LogP) is 4.60. The van der Waals surface area contributed by atoms with Gasteiger partial charge in [-0.2, -0.15) is 0 Å². The highest BCUT2D eigenvalue weighted by Gasteiger charge is 2.18. The van der Waals surface area contributed by atoms with Gasteiger partial charge in [-0.3, -0.25) is 10.1 Å². The van der Waals surface area contributed by atoms with Crippen molar-refractivity contribution in [2.45, 2.75) is 25.7 Å². The van der Waals surface area contributed by atoms with Crippen LogP contribution in [-0.4, -0.2) is 10.9 Å². The van der Waals surface area contributed by atoms with Crippen LogP contribution in [0, 0.1) is 0 Å². The molecule has 0 radical (unpaired) electrons. The van der Waals surface area contributed by atoms with Gasteiger partial charge in [-0.05, 0) is 43.9 Å². The summed E-state index contributed by atoms with van der Waals surface area (Å²) in [6, 6.07) is 5.58. The number of aromatic nitrogens is 1. The number of rotatable bonds is 3. The molecule has 0 saturated carbocycles. The highest BCUT2D eigenvalue weighted by atomic mass is 32.1. The second-order valence-electron chi connectivity index (χ2n) is 5.23. The number of fused-ring (bicyclic) bond motifs is 1. The van der Waals surface area contributed by atoms with Crippen LogP contribution in [0.25, 0.3) is 11.3 Å². The first-order valence-corrected chi connectivity index (χ1v) is 8.91. The highest BCUT2D eigenvalue weighted by Crippen LogP contribution is 2.31. The molecule has 3 aromatic rings. The van der Waals surface area contributed by atoms with Crippen LogP contribution in [0.5, 0.6) is 0 Å². The van der Waals surface area contributed by atoms with Gasteiger partial charge in [0.15, 0.2) is 5.13 Å². The molecule has 6 heteroatoms. The number of anilines is 1. The van der Waals surface area contributed by atoms with Crippen molar-refractivity contribution in [3.8, 4) is 11.3 Å². The summed E-state index contributed by atoms with van der Waals surface area (Å²) in [5, 5.41) is 5.57. The molecule has 1 N–H and O–H groups in total. The Labute approximate surface area is 135 Å². The average Bonchev–Trinajstić information content (AvgIpc) is 3.26. The second-order valence-corrected chi connectivity index (χ2v) is 7.22. The van der Waals surface area contributed by atoms with E-state index < -0.39 is 0 Å². The lowest BCUT2D eigenvalue weighted by Crippen LogP contribution is -2.09. The minimum Gasteiger partial charge on any atom is -0.464 e. The van der Waals surface area contributed by atoms with Crippen LogP contribution >= 0.6 is 22.7 Å². The Kier molecular flexibility index (Phi) is 3.56. The van der Waals surface area contributed by atoms with Crippen molar-refractivity contribution in [1.29, 1.82) is 0 Å². The number of carbonyl (C=O) groups is 1. The first kappa shape index (κ1) is 13.7. The van der Waals surface area contributed by atoms with Crippen molar-refractivity contribution in [2.24, 2.45) is 0 Å². The van der Waals surface area contributed by atoms with Crippen molar-refractivity contribution in [3.05, 3.63) is 45.3 Å². The monoisotopic (exact) mass is 330 g/mol. The molecular weight excluding hydrogens is 316 g/mol. The number of amides is 1. The van der Waals surface area contributed by atoms with Gasteiger partial charge < -0.3 is 4.42 Å². The predicted molar refractivity (Wildman–Crippen MR) is 88.7 cm³/mol. The van der Waals surface area contributed by atoms with Crippen LogP contribution in [0.4, 0.5) is 5.13 Å². The van der Waals surface area contributed by atoms with E-state index in [2.05, 4.69) is 10.3 Å². The summed E-state index contributed by atoms with van der Waals surface area (Å²) in [5.41, 5.74) is 2.09. The molecule has 1 aliphatic carbocycles. The zero-order chi connectivity index (χ0) is 14.9. The number of nitrogens with one attached hydrogen (secondary N) is 1. The number of furan rings is 1. The fourth-order valence-electron chi connectivity index (χ4n) is 2.59. The standard InChI is InChI=1S/C16H14N2O2S2/c19-15(14-8-10(9-21-14)12-5-3-7-20-12)18-16-17-11-4-1-2-6-13(11)22-16/h3,5,7-9H,1-2,4,6H2,(H,17,18,19). The number of thiazole rings is 1. The Morgan fingerprint density at radius 3 is 3.05 bits per heavy atom. The summed E-state index contributed by atoms with van der Waals surface area (Å²) < 4.78 is 5.35. The topological polar surface area (TPSA) is 55.1 Å². The van der Waals surface area contributed by atoms with Crippen molar-refractivity contribution in [2.75, 3.05) is 5.32 Å². The maximum absolute atomic E-state index is 12.3. The molecule has 0 aromatic carbocycles. The third-order valence-corrected chi connectivity index (χ3v) is 5.70. The van der Waals surface area contributed by atoms with E-state index in [0.29, 0.717) is 10.0 Å². The number of carbonyl (C=O) groups excluding carboxylic acids is 1. The summed E-state index contributed by atoms with van der Waals surface area (Å²) in [4.78, 5) is 18.9. The van der Waals surface area contributed by atoms with Crippen molar-refractivity contribution in [3.63, 3.8) is 0 Å². The van der Waals surface area contributed by atoms with E-state index in [1.165, 1.54) is 29.1 Å². The van der Waals surface area contributed by atoms with E-state index in [1.54, 1.807) is 17.6 Å². The molecule has 0 aliphatic heterocycles. The molecule has 0 spiro atoms. The zero-order valence-corrected chi connectivity index (χ0v) is 13.4. The summed E-state index contributed by atoms with van der Waals surface area (Å²) in [6.07, 6.45) is 6.17. The van der Waals surface area contributed by atoms with Gasteiger partial charge in [0.1, 0.15) is 5.76 Å². The largest absolute Gasteiger partial charge is 0.464 e. The minimum absolute atomic E-state index is 0.103. The van der Waals surface area contributed by atoms with Crippen LogP contribution < -0.4 is 5.32 Å². The Morgan fingerprint density at radius 2 is 2.23 bits per heavy atom. The second kappa shape index (κ2) is 5.70. The van der Waals surface area contributed by atoms with E-state index in [1.807, 2.05) is 23.6 Å². The number of hydrogen-bond donors (Lipinski definition) is 1. The van der Waals surface area contributed by atoms with Gasteiger partial charge in [0.25, 0.3) is 5.91 Å². The lowest BCUT2D eigenvalue weighted by atomic mass is 10.0. The smallest absolute Gasteiger partial charge is 0.267 e. The third-order valence-electron chi connectivity index (χ3n) is 3.70. The van der Waals surface area contributed by atoms with Gasteiger partial charge in [0, 0.05) is 15.8 Å². The van der Waals surface area contributed by atoms with E-state index in [-0.39, 0.29) is 5.91 Å². The average molecular weight is 330 g/mol. The summed E-state index contributed by atoms with van der Waals surface area (Å²) in [6.45, 7) is 0. The number of thiophene rings is 1. The molecule has 0 atom stereocenters. The first-order valence-electron chi connectivity index (χ1n) is 7.22. The Hall–Kier alpha value is -1.92. The Bertz CT molecular complexity index is 779. The summed E-state index contributed by atoms with van der Waals surface area (Å²) in [7, 11) is 0. The molecule has 112 valence electrons. The van der Waals surface area contributed by atoms with E-state index >= 15 is 0 Å². The van der Waals surface area contributed by atoms with E-state index in [4.69, 9.17) is 4.42 Å². The van der Waals surface area contributed by atoms with Crippen LogP contribution in [0.3, 0.4) is 0 Å². The lowest BCUT2D eigenvalue weighted by Gasteiger charge is -2.06. The number of hydrogen-bond acceptors (Lipinski definition) is 5. The molecule has 4 nitrogen and oxygen atoms in total. The van der Waals surface area contributed by atoms with Crippen LogP contribution in [0.2, 0.25) is 0 Å². The van der Waals surface area contributed by atoms with Crippen molar-refractivity contribution >= 4 is 33.7 Å². The Balaban J connectivity index is 1.51. The van der Waals surface area contributed by atoms with E-state index in [9.17, 15) is 4.79 Å². The van der Waals surface area contributed by atoms with Gasteiger partial charge in [0.2, 0.25) is 0 Å². The molecule has 4 rings (SSSR count). The summed E-state index contributed by atoms with van der Waals surface area (Å²) >= 11 is 3.02. The van der Waals surface area contributed by atoms with Gasteiger partial charge in [-0.15, -0.1) is 22.7 Å². The number of aryl methyl sites for hydroxylation is 2. The Morgan fingerprint density at radius 1 is 1.32 bits per heavy atom. The van der Waals surface area contributed by atoms with Gasteiger partial charge >= 0.3 is 0 Å². The normalized spacial score (nSPS) is 13.8. The molecule has 0 saturated heterocycles. The fraction of sp³-hybridized carbons (Fsp3) is 0.250. The van der Waals surface area contributed by atoms with Crippen LogP contribution in [0.1, 0.15) is 33.1 Å². The highest BCUT2D eigenvalue weighted by molar-refractivity contribution is 7.16. The first-order chi connectivity index (χ1) is 10.8. The van der Waals surface area contributed by atoms with Crippen LogP contribution in [-0.2, 0) is 12.8 Å². The molecule has 0 unspecified atom stereocenters. The maximum atomic E-state index is 12.3. The summed E-state index contributed by atoms with van der Waals surface area (Å²) in [5.74, 6) is 0.675. The maximum Gasteiger partial charge on any atom is 0.267 e. The zero-order valence-electron chi connectivity index (χ0n) is 11.8. The molecule has 0 bridgehead atoms. The van der Waals surface area contributed by atoms with Crippen molar-refractivity contribution < 1.29 is 9.21 Å². The van der Waals surface area contributed by atoms with Gasteiger partial charge in [0.05, 0.1) is 16.8 Å². The molecule has 3 aromatic heterocycles. The molecule has 22 heavy (non-hydrogen) atoms. The van der Waals surface area contributed by atoms with Gasteiger partial charge in [-0.1, -0.05) is 0 Å². The van der Waals surface area contributed by atoms with Crippen LogP contribution in [0.15, 0.2) is 34.3 Å². The number of nitrogens with zero attached hydrogens (tertiary/aromatic N) is 1. The third kappa shape index (κ3) is 2.60. The van der Waals surface area contributed by atoms with Crippen molar-refractivity contribution in [1.82, 2.24) is 4.98 Å².